The number of benzene rings is 2. The summed E-state index contributed by atoms with van der Waals surface area (Å²) in [5, 5.41) is 0. The molecule has 0 atom stereocenters. The summed E-state index contributed by atoms with van der Waals surface area (Å²) in [6.07, 6.45) is 2.21. The van der Waals surface area contributed by atoms with E-state index in [4.69, 9.17) is 4.74 Å². The van der Waals surface area contributed by atoms with E-state index in [-0.39, 0.29) is 6.03 Å². The Labute approximate surface area is 164 Å². The number of aromatic nitrogens is 2. The number of rotatable bonds is 1. The molecule has 28 heavy (non-hydrogen) atoms. The molecule has 6 heteroatoms. The molecule has 2 aromatic carbocycles. The summed E-state index contributed by atoms with van der Waals surface area (Å²) in [6, 6.07) is 12.7. The Hall–Kier alpha value is -3.02. The maximum Gasteiger partial charge on any atom is 0.320 e. The highest BCUT2D eigenvalue weighted by Crippen LogP contribution is 2.31. The normalized spacial score (nSPS) is 16.8. The lowest BCUT2D eigenvalue weighted by molar-refractivity contribution is 0.154. The molecule has 3 heterocycles. The van der Waals surface area contributed by atoms with Gasteiger partial charge < -0.3 is 19.5 Å². The molecule has 144 valence electrons. The van der Waals surface area contributed by atoms with E-state index in [2.05, 4.69) is 34.2 Å². The largest absolute Gasteiger partial charge is 0.491 e. The molecule has 0 spiro atoms. The summed E-state index contributed by atoms with van der Waals surface area (Å²) in [4.78, 5) is 24.5. The number of aryl methyl sites for hydroxylation is 1. The lowest BCUT2D eigenvalue weighted by Gasteiger charge is -2.26. The third kappa shape index (κ3) is 3.09. The molecule has 2 aliphatic rings. The van der Waals surface area contributed by atoms with Crippen LogP contribution >= 0.6 is 0 Å². The lowest BCUT2D eigenvalue weighted by atomic mass is 10.0. The fourth-order valence-electron chi connectivity index (χ4n) is 4.16. The van der Waals surface area contributed by atoms with E-state index in [1.165, 1.54) is 0 Å². The van der Waals surface area contributed by atoms with Gasteiger partial charge in [-0.15, -0.1) is 0 Å². The minimum atomic E-state index is 0.133. The van der Waals surface area contributed by atoms with Crippen molar-refractivity contribution in [2.24, 2.45) is 0 Å². The number of amides is 2. The highest BCUT2D eigenvalue weighted by molar-refractivity contribution is 5.82. The quantitative estimate of drug-likeness (QED) is 0.700. The number of likely N-dealkylation sites (tertiary alicyclic amines) is 1. The Morgan fingerprint density at radius 1 is 1.04 bits per heavy atom. The molecule has 0 bridgehead atoms. The zero-order valence-corrected chi connectivity index (χ0v) is 16.1. The second-order valence-corrected chi connectivity index (χ2v) is 7.62. The predicted molar refractivity (Wildman–Crippen MR) is 108 cm³/mol. The number of ether oxygens (including phenoxy) is 1. The minimum Gasteiger partial charge on any atom is -0.491 e. The average Bonchev–Trinajstić information content (AvgIpc) is 3.30. The van der Waals surface area contributed by atoms with Gasteiger partial charge in [-0.2, -0.15) is 0 Å². The Balaban J connectivity index is 1.45. The summed E-state index contributed by atoms with van der Waals surface area (Å²) in [5.41, 5.74) is 5.31. The molecule has 5 rings (SSSR count). The van der Waals surface area contributed by atoms with Gasteiger partial charge in [0.25, 0.3) is 0 Å². The monoisotopic (exact) mass is 376 g/mol. The zero-order valence-electron chi connectivity index (χ0n) is 16.1. The first kappa shape index (κ1) is 17.1. The first-order chi connectivity index (χ1) is 13.7. The van der Waals surface area contributed by atoms with Crippen molar-refractivity contribution in [1.82, 2.24) is 19.8 Å². The molecular formula is C22H24N4O2. The van der Waals surface area contributed by atoms with E-state index in [1.807, 2.05) is 28.9 Å². The molecule has 1 fully saturated rings. The summed E-state index contributed by atoms with van der Waals surface area (Å²) in [6.45, 7) is 5.44. The second kappa shape index (κ2) is 6.86. The fraction of sp³-hybridized carbons (Fsp3) is 0.364. The highest BCUT2D eigenvalue weighted by atomic mass is 16.5. The zero-order chi connectivity index (χ0) is 19.1. The van der Waals surface area contributed by atoms with Crippen LogP contribution in [0.5, 0.6) is 5.75 Å². The van der Waals surface area contributed by atoms with Crippen LogP contribution in [0.25, 0.3) is 22.2 Å². The minimum absolute atomic E-state index is 0.133. The van der Waals surface area contributed by atoms with Gasteiger partial charge in [0.05, 0.1) is 24.1 Å². The van der Waals surface area contributed by atoms with Gasteiger partial charge >= 0.3 is 6.03 Å². The second-order valence-electron chi connectivity index (χ2n) is 7.62. The van der Waals surface area contributed by atoms with E-state index < -0.39 is 0 Å². The smallest absolute Gasteiger partial charge is 0.320 e. The Kier molecular flexibility index (Phi) is 4.19. The van der Waals surface area contributed by atoms with Crippen molar-refractivity contribution in [2.45, 2.75) is 26.3 Å². The SMILES string of the molecule is Cc1nc2ccc(-c3ccc4c(c3)CN(C(=O)N3CCCC3)CCO4)cc2[nH]1. The first-order valence-electron chi connectivity index (χ1n) is 9.94. The van der Waals surface area contributed by atoms with Gasteiger partial charge in [-0.3, -0.25) is 0 Å². The number of fused-ring (bicyclic) bond motifs is 2. The molecule has 3 aromatic rings. The number of H-pyrrole nitrogens is 1. The number of hydrogen-bond acceptors (Lipinski definition) is 3. The fourth-order valence-corrected chi connectivity index (χ4v) is 4.16. The third-order valence-corrected chi connectivity index (χ3v) is 5.62. The lowest BCUT2D eigenvalue weighted by Crippen LogP contribution is -2.42. The van der Waals surface area contributed by atoms with E-state index >= 15 is 0 Å². The van der Waals surface area contributed by atoms with Gasteiger partial charge in [0, 0.05) is 18.7 Å². The molecule has 2 amide bonds. The van der Waals surface area contributed by atoms with Crippen LogP contribution in [0.2, 0.25) is 0 Å². The van der Waals surface area contributed by atoms with Crippen molar-refractivity contribution in [3.8, 4) is 16.9 Å². The summed E-state index contributed by atoms with van der Waals surface area (Å²) in [5.74, 6) is 1.79. The van der Waals surface area contributed by atoms with Crippen LogP contribution in [0.3, 0.4) is 0 Å². The van der Waals surface area contributed by atoms with Gasteiger partial charge in [-0.05, 0) is 55.2 Å². The molecular weight excluding hydrogens is 352 g/mol. The number of carbonyl (C=O) groups excluding carboxylic acids is 1. The van der Waals surface area contributed by atoms with Gasteiger partial charge in [0.1, 0.15) is 18.2 Å². The van der Waals surface area contributed by atoms with E-state index in [1.54, 1.807) is 0 Å². The molecule has 1 N–H and O–H groups in total. The van der Waals surface area contributed by atoms with Crippen LogP contribution in [-0.2, 0) is 6.54 Å². The molecule has 6 nitrogen and oxygen atoms in total. The molecule has 0 aliphatic carbocycles. The van der Waals surface area contributed by atoms with E-state index in [9.17, 15) is 4.79 Å². The van der Waals surface area contributed by atoms with Crippen molar-refractivity contribution in [1.29, 1.82) is 0 Å². The van der Waals surface area contributed by atoms with E-state index in [0.717, 1.165) is 65.2 Å². The summed E-state index contributed by atoms with van der Waals surface area (Å²) >= 11 is 0. The maximum atomic E-state index is 12.9. The van der Waals surface area contributed by atoms with Crippen molar-refractivity contribution in [3.63, 3.8) is 0 Å². The molecule has 0 radical (unpaired) electrons. The Morgan fingerprint density at radius 2 is 1.82 bits per heavy atom. The Morgan fingerprint density at radius 3 is 2.68 bits per heavy atom. The van der Waals surface area contributed by atoms with Crippen LogP contribution in [0.1, 0.15) is 24.2 Å². The molecule has 1 aromatic heterocycles. The molecule has 1 saturated heterocycles. The van der Waals surface area contributed by atoms with E-state index in [0.29, 0.717) is 19.7 Å². The summed E-state index contributed by atoms with van der Waals surface area (Å²) in [7, 11) is 0. The molecule has 0 unspecified atom stereocenters. The number of imidazole rings is 1. The van der Waals surface area contributed by atoms with Gasteiger partial charge in [0.15, 0.2) is 0 Å². The number of nitrogens with zero attached hydrogens (tertiary/aromatic N) is 3. The molecule has 2 aliphatic heterocycles. The Bertz CT molecular complexity index is 1040. The predicted octanol–water partition coefficient (Wildman–Crippen LogP) is 3.95. The van der Waals surface area contributed by atoms with Crippen molar-refractivity contribution in [2.75, 3.05) is 26.2 Å². The highest BCUT2D eigenvalue weighted by Gasteiger charge is 2.26. The standard InChI is InChI=1S/C22H24N4O2/c1-15-23-19-6-4-17(13-20(19)24-15)16-5-7-21-18(12-16)14-26(10-11-28-21)22(27)25-8-2-3-9-25/h4-7,12-13H,2-3,8-11,14H2,1H3,(H,23,24). The van der Waals surface area contributed by atoms with Gasteiger partial charge in [0.2, 0.25) is 0 Å². The van der Waals surface area contributed by atoms with Crippen molar-refractivity contribution >= 4 is 17.1 Å². The first-order valence-corrected chi connectivity index (χ1v) is 9.94. The van der Waals surface area contributed by atoms with Crippen molar-refractivity contribution in [3.05, 3.63) is 47.8 Å². The van der Waals surface area contributed by atoms with Crippen LogP contribution in [-0.4, -0.2) is 52.0 Å². The van der Waals surface area contributed by atoms with Gasteiger partial charge in [-0.25, -0.2) is 9.78 Å². The van der Waals surface area contributed by atoms with Gasteiger partial charge in [-0.1, -0.05) is 12.1 Å². The number of urea groups is 1. The number of hydrogen-bond donors (Lipinski definition) is 1. The van der Waals surface area contributed by atoms with Crippen LogP contribution < -0.4 is 4.74 Å². The number of nitrogens with one attached hydrogen (secondary N) is 1. The van der Waals surface area contributed by atoms with Crippen molar-refractivity contribution < 1.29 is 9.53 Å². The maximum absolute atomic E-state index is 12.9. The summed E-state index contributed by atoms with van der Waals surface area (Å²) < 4.78 is 5.93. The average molecular weight is 376 g/mol. The number of aromatic amines is 1. The topological polar surface area (TPSA) is 61.5 Å². The van der Waals surface area contributed by atoms with Crippen LogP contribution in [0.15, 0.2) is 36.4 Å². The molecule has 0 saturated carbocycles. The number of carbonyl (C=O) groups is 1. The van der Waals surface area contributed by atoms with Crippen LogP contribution in [0, 0.1) is 6.92 Å². The van der Waals surface area contributed by atoms with Crippen LogP contribution in [0.4, 0.5) is 4.79 Å². The third-order valence-electron chi connectivity index (χ3n) is 5.62.